The lowest BCUT2D eigenvalue weighted by molar-refractivity contribution is -0.147. The number of aromatic hydroxyl groups is 1. The number of halogens is 1. The van der Waals surface area contributed by atoms with Crippen molar-refractivity contribution in [2.75, 3.05) is 6.54 Å². The molecule has 0 fully saturated rings. The summed E-state index contributed by atoms with van der Waals surface area (Å²) in [6, 6.07) is 4.42. The summed E-state index contributed by atoms with van der Waals surface area (Å²) >= 11 is 3.12. The van der Waals surface area contributed by atoms with Crippen LogP contribution in [0.3, 0.4) is 0 Å². The van der Waals surface area contributed by atoms with Crippen LogP contribution >= 0.6 is 15.9 Å². The van der Waals surface area contributed by atoms with Crippen molar-refractivity contribution in [3.63, 3.8) is 0 Å². The molecule has 0 aromatic heterocycles. The number of phenols is 1. The number of carboxylic acid groups (broad SMARTS) is 1. The summed E-state index contributed by atoms with van der Waals surface area (Å²) in [5.74, 6) is -1.40. The van der Waals surface area contributed by atoms with Crippen molar-refractivity contribution in [1.29, 1.82) is 0 Å². The van der Waals surface area contributed by atoms with Crippen LogP contribution in [-0.2, 0) is 4.79 Å². The summed E-state index contributed by atoms with van der Waals surface area (Å²) in [6.07, 6.45) is 0.411. The van der Waals surface area contributed by atoms with Crippen molar-refractivity contribution in [3.8, 4) is 5.75 Å². The number of hydrogen-bond acceptors (Lipinski definition) is 3. The van der Waals surface area contributed by atoms with Crippen LogP contribution < -0.4 is 5.32 Å². The van der Waals surface area contributed by atoms with Gasteiger partial charge >= 0.3 is 5.97 Å². The molecule has 0 saturated heterocycles. The van der Waals surface area contributed by atoms with Crippen molar-refractivity contribution in [1.82, 2.24) is 5.32 Å². The molecule has 0 bridgehead atoms. The first-order valence-electron chi connectivity index (χ1n) is 5.80. The van der Waals surface area contributed by atoms with Crippen LogP contribution in [0.1, 0.15) is 30.6 Å². The van der Waals surface area contributed by atoms with Gasteiger partial charge < -0.3 is 15.5 Å². The number of hydrogen-bond donors (Lipinski definition) is 3. The van der Waals surface area contributed by atoms with E-state index in [4.69, 9.17) is 5.11 Å². The zero-order valence-electron chi connectivity index (χ0n) is 10.7. The third kappa shape index (κ3) is 3.70. The van der Waals surface area contributed by atoms with Crippen LogP contribution in [0.25, 0.3) is 0 Å². The number of carboxylic acids is 1. The van der Waals surface area contributed by atoms with E-state index in [-0.39, 0.29) is 17.9 Å². The fourth-order valence-electron chi connectivity index (χ4n) is 1.38. The molecule has 6 heteroatoms. The summed E-state index contributed by atoms with van der Waals surface area (Å²) in [5.41, 5.74) is -0.711. The van der Waals surface area contributed by atoms with Gasteiger partial charge in [0.05, 0.1) is 9.89 Å². The number of benzene rings is 1. The minimum absolute atomic E-state index is 0.0362. The van der Waals surface area contributed by atoms with Gasteiger partial charge in [0, 0.05) is 12.1 Å². The third-order valence-corrected chi connectivity index (χ3v) is 3.81. The molecule has 0 saturated carbocycles. The van der Waals surface area contributed by atoms with Gasteiger partial charge in [-0.2, -0.15) is 0 Å². The zero-order valence-corrected chi connectivity index (χ0v) is 12.3. The molecule has 104 valence electrons. The Hall–Kier alpha value is -1.56. The normalized spacial score (nSPS) is 13.6. The second kappa shape index (κ2) is 6.06. The number of nitrogens with one attached hydrogen (secondary N) is 1. The Bertz CT molecular complexity index is 503. The van der Waals surface area contributed by atoms with Crippen LogP contribution in [0.15, 0.2) is 22.7 Å². The van der Waals surface area contributed by atoms with E-state index in [1.165, 1.54) is 6.07 Å². The number of rotatable bonds is 5. The predicted molar refractivity (Wildman–Crippen MR) is 74.2 cm³/mol. The van der Waals surface area contributed by atoms with Gasteiger partial charge in [0.15, 0.2) is 0 Å². The summed E-state index contributed by atoms with van der Waals surface area (Å²) in [7, 11) is 0. The molecule has 0 aliphatic carbocycles. The molecule has 1 amide bonds. The van der Waals surface area contributed by atoms with Gasteiger partial charge in [0.1, 0.15) is 5.75 Å². The highest BCUT2D eigenvalue weighted by Crippen LogP contribution is 2.24. The number of aliphatic carboxylic acids is 1. The van der Waals surface area contributed by atoms with Crippen molar-refractivity contribution in [2.24, 2.45) is 5.41 Å². The van der Waals surface area contributed by atoms with E-state index in [2.05, 4.69) is 21.2 Å². The van der Waals surface area contributed by atoms with Gasteiger partial charge in [-0.25, -0.2) is 0 Å². The van der Waals surface area contributed by atoms with E-state index in [9.17, 15) is 14.7 Å². The quantitative estimate of drug-likeness (QED) is 0.774. The first-order valence-corrected chi connectivity index (χ1v) is 6.59. The molecule has 1 atom stereocenters. The van der Waals surface area contributed by atoms with Crippen molar-refractivity contribution in [2.45, 2.75) is 20.3 Å². The Morgan fingerprint density at radius 2 is 2.05 bits per heavy atom. The lowest BCUT2D eigenvalue weighted by Gasteiger charge is -2.23. The lowest BCUT2D eigenvalue weighted by atomic mass is 9.87. The van der Waals surface area contributed by atoms with E-state index < -0.39 is 17.3 Å². The molecule has 0 heterocycles. The van der Waals surface area contributed by atoms with Gasteiger partial charge in [0.2, 0.25) is 0 Å². The second-order valence-electron chi connectivity index (χ2n) is 4.57. The van der Waals surface area contributed by atoms with E-state index >= 15 is 0 Å². The van der Waals surface area contributed by atoms with Crippen molar-refractivity contribution < 1.29 is 19.8 Å². The molecule has 0 spiro atoms. The zero-order chi connectivity index (χ0) is 14.6. The molecule has 19 heavy (non-hydrogen) atoms. The average molecular weight is 330 g/mol. The monoisotopic (exact) mass is 329 g/mol. The molecule has 1 unspecified atom stereocenters. The molecule has 1 rings (SSSR count). The molecule has 0 aliphatic rings. The minimum atomic E-state index is -0.993. The average Bonchev–Trinajstić information content (AvgIpc) is 2.38. The Morgan fingerprint density at radius 1 is 1.42 bits per heavy atom. The highest BCUT2D eigenvalue weighted by molar-refractivity contribution is 9.10. The molecule has 1 aromatic carbocycles. The van der Waals surface area contributed by atoms with E-state index in [1.807, 2.05) is 0 Å². The third-order valence-electron chi connectivity index (χ3n) is 3.14. The largest absolute Gasteiger partial charge is 0.507 e. The van der Waals surface area contributed by atoms with Crippen LogP contribution in [0.2, 0.25) is 0 Å². The Kier molecular flexibility index (Phi) is 4.94. The molecule has 1 aromatic rings. The fraction of sp³-hybridized carbons (Fsp3) is 0.385. The molecule has 3 N–H and O–H groups in total. The Labute approximate surface area is 119 Å². The van der Waals surface area contributed by atoms with Crippen LogP contribution in [0, 0.1) is 5.41 Å². The smallest absolute Gasteiger partial charge is 0.311 e. The Balaban J connectivity index is 2.75. The Morgan fingerprint density at radius 3 is 2.53 bits per heavy atom. The number of carbonyl (C=O) groups is 2. The minimum Gasteiger partial charge on any atom is -0.507 e. The van der Waals surface area contributed by atoms with Crippen LogP contribution in [-0.4, -0.2) is 28.6 Å². The molecule has 0 aliphatic heterocycles. The fourth-order valence-corrected chi connectivity index (χ4v) is 1.63. The maximum Gasteiger partial charge on any atom is 0.311 e. The standard InChI is InChI=1S/C13H16BrNO4/c1-3-13(2,12(18)19)7-15-11(17)8-4-5-9(14)10(16)6-8/h4-6,16H,3,7H2,1-2H3,(H,15,17)(H,18,19). The summed E-state index contributed by atoms with van der Waals surface area (Å²) in [5, 5.41) is 21.2. The van der Waals surface area contributed by atoms with Gasteiger partial charge in [-0.1, -0.05) is 6.92 Å². The van der Waals surface area contributed by atoms with E-state index in [0.29, 0.717) is 10.9 Å². The first kappa shape index (κ1) is 15.5. The summed E-state index contributed by atoms with van der Waals surface area (Å²) in [4.78, 5) is 23.0. The summed E-state index contributed by atoms with van der Waals surface area (Å²) < 4.78 is 0.494. The van der Waals surface area contributed by atoms with Crippen molar-refractivity contribution >= 4 is 27.8 Å². The molecule has 5 nitrogen and oxygen atoms in total. The molecular formula is C13H16BrNO4. The number of amides is 1. The lowest BCUT2D eigenvalue weighted by Crippen LogP contribution is -2.40. The second-order valence-corrected chi connectivity index (χ2v) is 5.42. The van der Waals surface area contributed by atoms with Gasteiger partial charge in [-0.15, -0.1) is 0 Å². The van der Waals surface area contributed by atoms with Crippen LogP contribution in [0.5, 0.6) is 5.75 Å². The maximum atomic E-state index is 11.9. The number of carbonyl (C=O) groups excluding carboxylic acids is 1. The van der Waals surface area contributed by atoms with Crippen molar-refractivity contribution in [3.05, 3.63) is 28.2 Å². The van der Waals surface area contributed by atoms with Gasteiger partial charge in [-0.3, -0.25) is 9.59 Å². The van der Waals surface area contributed by atoms with Gasteiger partial charge in [-0.05, 0) is 47.5 Å². The number of phenolic OH excluding ortho intramolecular Hbond substituents is 1. The van der Waals surface area contributed by atoms with E-state index in [0.717, 1.165) is 0 Å². The predicted octanol–water partition coefficient (Wildman–Crippen LogP) is 2.39. The highest BCUT2D eigenvalue weighted by Gasteiger charge is 2.31. The highest BCUT2D eigenvalue weighted by atomic mass is 79.9. The van der Waals surface area contributed by atoms with E-state index in [1.54, 1.807) is 26.0 Å². The van der Waals surface area contributed by atoms with Crippen LogP contribution in [0.4, 0.5) is 0 Å². The van der Waals surface area contributed by atoms with Gasteiger partial charge in [0.25, 0.3) is 5.91 Å². The SMILES string of the molecule is CCC(C)(CNC(=O)c1ccc(Br)c(O)c1)C(=O)O. The summed E-state index contributed by atoms with van der Waals surface area (Å²) in [6.45, 7) is 3.37. The first-order chi connectivity index (χ1) is 8.80. The topological polar surface area (TPSA) is 86.6 Å². The molecule has 0 radical (unpaired) electrons. The maximum absolute atomic E-state index is 11.9. The molecular weight excluding hydrogens is 314 g/mol.